The molecule has 0 amide bonds. The van der Waals surface area contributed by atoms with Gasteiger partial charge in [0.25, 0.3) is 0 Å². The molecule has 256 valence electrons. The van der Waals surface area contributed by atoms with Gasteiger partial charge in [0.1, 0.15) is 6.61 Å². The number of carbonyl (C=O) groups excluding carboxylic acids is 2. The Morgan fingerprint density at radius 2 is 1.22 bits per heavy atom. The van der Waals surface area contributed by atoms with Gasteiger partial charge >= 0.3 is 19.8 Å². The highest BCUT2D eigenvalue weighted by atomic mass is 31.2. The zero-order valence-corrected chi connectivity index (χ0v) is 28.5. The van der Waals surface area contributed by atoms with Crippen LogP contribution in [0.15, 0.2) is 72.9 Å². The molecule has 0 saturated carbocycles. The molecule has 0 saturated heterocycles. The first-order valence-corrected chi connectivity index (χ1v) is 17.9. The van der Waals surface area contributed by atoms with Gasteiger partial charge in [0, 0.05) is 19.4 Å². The molecule has 0 aliphatic heterocycles. The second kappa shape index (κ2) is 31.4. The molecule has 0 aromatic rings. The maximum atomic E-state index is 12.4. The van der Waals surface area contributed by atoms with Crippen molar-refractivity contribution in [3.63, 3.8) is 0 Å². The van der Waals surface area contributed by atoms with Gasteiger partial charge in [-0.2, -0.15) is 0 Å². The maximum Gasteiger partial charge on any atom is 0.472 e. The lowest BCUT2D eigenvalue weighted by molar-refractivity contribution is -0.161. The lowest BCUT2D eigenvalue weighted by atomic mass is 10.1. The van der Waals surface area contributed by atoms with Crippen molar-refractivity contribution in [2.75, 3.05) is 26.4 Å². The molecule has 9 nitrogen and oxygen atoms in total. The van der Waals surface area contributed by atoms with Crippen molar-refractivity contribution in [2.24, 2.45) is 5.73 Å². The van der Waals surface area contributed by atoms with Crippen molar-refractivity contribution in [3.05, 3.63) is 72.9 Å². The second-order valence-electron chi connectivity index (χ2n) is 10.3. The van der Waals surface area contributed by atoms with Gasteiger partial charge in [-0.1, -0.05) is 112 Å². The molecule has 0 rings (SSSR count). The molecule has 45 heavy (non-hydrogen) atoms. The molecular weight excluding hydrogens is 593 g/mol. The zero-order chi connectivity index (χ0) is 33.3. The van der Waals surface area contributed by atoms with Crippen LogP contribution in [0.3, 0.4) is 0 Å². The van der Waals surface area contributed by atoms with Crippen LogP contribution in [0, 0.1) is 0 Å². The van der Waals surface area contributed by atoms with E-state index >= 15 is 0 Å². The largest absolute Gasteiger partial charge is 0.472 e. The van der Waals surface area contributed by atoms with Gasteiger partial charge < -0.3 is 20.1 Å². The van der Waals surface area contributed by atoms with E-state index in [1.807, 2.05) is 12.2 Å². The number of phosphoric acid groups is 1. The fraction of sp³-hybridized carbons (Fsp3) is 0.600. The molecule has 10 heteroatoms. The smallest absolute Gasteiger partial charge is 0.462 e. The van der Waals surface area contributed by atoms with Crippen LogP contribution in [0.1, 0.15) is 104 Å². The summed E-state index contributed by atoms with van der Waals surface area (Å²) in [7, 11) is -4.38. The van der Waals surface area contributed by atoms with Crippen molar-refractivity contribution in [3.8, 4) is 0 Å². The third-order valence-electron chi connectivity index (χ3n) is 6.12. The van der Waals surface area contributed by atoms with E-state index < -0.39 is 32.5 Å². The Morgan fingerprint density at radius 1 is 0.689 bits per heavy atom. The molecule has 0 aliphatic carbocycles. The summed E-state index contributed by atoms with van der Waals surface area (Å²) in [6.07, 6.45) is 35.7. The molecule has 0 aromatic carbocycles. The quantitative estimate of drug-likeness (QED) is 0.0354. The van der Waals surface area contributed by atoms with Crippen LogP contribution in [-0.2, 0) is 32.7 Å². The number of hydrogen-bond donors (Lipinski definition) is 2. The first kappa shape index (κ1) is 42.5. The standard InChI is InChI=1S/C35H58NO8P/c1-3-5-7-9-10-11-12-13-14-15-16-17-18-19-20-21-22-24-26-28-35(38)44-33(32-43-45(39,40)42-30-29-36)31-41-34(37)27-25-23-8-6-4-2/h5,7,10-11,13-14,16-17,19-20,22,24,33H,3-4,6,8-9,12,15,18,21,23,25-32,36H2,1-2H3,(H,39,40)/b7-5-,11-10-,14-13-,17-16-,20-19-,24-22-. The molecule has 0 fully saturated rings. The Hall–Kier alpha value is -2.55. The molecule has 0 spiro atoms. The number of rotatable bonds is 29. The van der Waals surface area contributed by atoms with Crippen molar-refractivity contribution in [1.82, 2.24) is 0 Å². The van der Waals surface area contributed by atoms with Crippen LogP contribution in [-0.4, -0.2) is 49.3 Å². The van der Waals surface area contributed by atoms with Crippen molar-refractivity contribution < 1.29 is 37.6 Å². The molecule has 0 aliphatic rings. The predicted octanol–water partition coefficient (Wildman–Crippen LogP) is 8.37. The zero-order valence-electron chi connectivity index (χ0n) is 27.6. The van der Waals surface area contributed by atoms with Gasteiger partial charge in [-0.05, 0) is 51.4 Å². The van der Waals surface area contributed by atoms with Crippen LogP contribution in [0.2, 0.25) is 0 Å². The van der Waals surface area contributed by atoms with E-state index in [0.29, 0.717) is 12.8 Å². The average Bonchev–Trinajstić information content (AvgIpc) is 3.02. The molecule has 3 N–H and O–H groups in total. The molecule has 0 aromatic heterocycles. The third-order valence-corrected chi connectivity index (χ3v) is 7.10. The normalized spacial score (nSPS) is 14.5. The minimum absolute atomic E-state index is 0.0385. The summed E-state index contributed by atoms with van der Waals surface area (Å²) in [6, 6.07) is 0. The van der Waals surface area contributed by atoms with E-state index in [-0.39, 0.29) is 32.6 Å². The van der Waals surface area contributed by atoms with Crippen molar-refractivity contribution in [1.29, 1.82) is 0 Å². The van der Waals surface area contributed by atoms with Gasteiger partial charge in [-0.3, -0.25) is 18.6 Å². The number of allylic oxidation sites excluding steroid dienone is 12. The number of phosphoric ester groups is 1. The molecule has 2 atom stereocenters. The summed E-state index contributed by atoms with van der Waals surface area (Å²) in [4.78, 5) is 34.2. The molecule has 0 radical (unpaired) electrons. The van der Waals surface area contributed by atoms with E-state index in [1.165, 1.54) is 0 Å². The van der Waals surface area contributed by atoms with Crippen molar-refractivity contribution >= 4 is 19.8 Å². The highest BCUT2D eigenvalue weighted by molar-refractivity contribution is 7.47. The minimum atomic E-state index is -4.38. The molecule has 0 heterocycles. The lowest BCUT2D eigenvalue weighted by Crippen LogP contribution is -2.29. The molecular formula is C35H58NO8P. The Bertz CT molecular complexity index is 971. The van der Waals surface area contributed by atoms with Crippen molar-refractivity contribution in [2.45, 2.75) is 110 Å². The van der Waals surface area contributed by atoms with Crippen LogP contribution in [0.25, 0.3) is 0 Å². The minimum Gasteiger partial charge on any atom is -0.462 e. The SMILES string of the molecule is CC/C=C\C/C=C\C/C=C\C/C=C\C/C=C\C/C=C\CCC(=O)OC(COC(=O)CCCCCCC)COP(=O)(O)OCCN. The monoisotopic (exact) mass is 651 g/mol. The fourth-order valence-electron chi connectivity index (χ4n) is 3.72. The summed E-state index contributed by atoms with van der Waals surface area (Å²) < 4.78 is 32.2. The lowest BCUT2D eigenvalue weighted by Gasteiger charge is -2.19. The Labute approximate surface area is 271 Å². The summed E-state index contributed by atoms with van der Waals surface area (Å²) in [5, 5.41) is 0. The van der Waals surface area contributed by atoms with E-state index in [2.05, 4.69) is 74.6 Å². The Morgan fingerprint density at radius 3 is 1.76 bits per heavy atom. The number of ether oxygens (including phenoxy) is 2. The molecule has 0 bridgehead atoms. The first-order valence-electron chi connectivity index (χ1n) is 16.4. The summed E-state index contributed by atoms with van der Waals surface area (Å²) in [5.74, 6) is -0.952. The first-order chi connectivity index (χ1) is 21.8. The van der Waals surface area contributed by atoms with E-state index in [0.717, 1.165) is 64.2 Å². The fourth-order valence-corrected chi connectivity index (χ4v) is 4.48. The number of esters is 2. The highest BCUT2D eigenvalue weighted by Gasteiger charge is 2.25. The summed E-state index contributed by atoms with van der Waals surface area (Å²) in [5.41, 5.74) is 5.29. The number of nitrogens with two attached hydrogens (primary N) is 1. The third kappa shape index (κ3) is 31.2. The average molecular weight is 652 g/mol. The van der Waals surface area contributed by atoms with E-state index in [1.54, 1.807) is 0 Å². The second-order valence-corrected chi connectivity index (χ2v) is 11.8. The predicted molar refractivity (Wildman–Crippen MR) is 182 cm³/mol. The van der Waals surface area contributed by atoms with Crippen LogP contribution in [0.4, 0.5) is 0 Å². The molecule has 2 unspecified atom stereocenters. The summed E-state index contributed by atoms with van der Waals surface area (Å²) >= 11 is 0. The van der Waals surface area contributed by atoms with Gasteiger partial charge in [-0.25, -0.2) is 4.57 Å². The highest BCUT2D eigenvalue weighted by Crippen LogP contribution is 2.43. The van der Waals surface area contributed by atoms with Gasteiger partial charge in [-0.15, -0.1) is 0 Å². The van der Waals surface area contributed by atoms with Gasteiger partial charge in [0.05, 0.1) is 13.2 Å². The van der Waals surface area contributed by atoms with Gasteiger partial charge in [0.2, 0.25) is 0 Å². The number of hydrogen-bond acceptors (Lipinski definition) is 8. The summed E-state index contributed by atoms with van der Waals surface area (Å²) in [6.45, 7) is 3.38. The number of carbonyl (C=O) groups is 2. The topological polar surface area (TPSA) is 134 Å². The van der Waals surface area contributed by atoms with Crippen LogP contribution >= 0.6 is 7.82 Å². The van der Waals surface area contributed by atoms with Crippen LogP contribution in [0.5, 0.6) is 0 Å². The number of unbranched alkanes of at least 4 members (excludes halogenated alkanes) is 4. The Kier molecular flexibility index (Phi) is 29.7. The Balaban J connectivity index is 4.37. The van der Waals surface area contributed by atoms with Crippen LogP contribution < -0.4 is 5.73 Å². The van der Waals surface area contributed by atoms with E-state index in [4.69, 9.17) is 24.3 Å². The maximum absolute atomic E-state index is 12.4. The van der Waals surface area contributed by atoms with Gasteiger partial charge in [0.15, 0.2) is 6.10 Å². The van der Waals surface area contributed by atoms with E-state index in [9.17, 15) is 19.0 Å².